The Morgan fingerprint density at radius 2 is 2.38 bits per heavy atom. The molecule has 0 saturated carbocycles. The number of nitrogens with zero attached hydrogens (tertiary/aromatic N) is 4. The number of aliphatic hydroxyl groups is 2. The van der Waals surface area contributed by atoms with Crippen LogP contribution < -0.4 is 5.73 Å². The molecular weight excluding hydrogens is 274 g/mol. The van der Waals surface area contributed by atoms with Crippen molar-refractivity contribution in [1.82, 2.24) is 19.5 Å². The van der Waals surface area contributed by atoms with Gasteiger partial charge >= 0.3 is 0 Å². The monoisotopic (exact) mass is 289 g/mol. The summed E-state index contributed by atoms with van der Waals surface area (Å²) in [5, 5.41) is 19.5. The molecule has 4 N–H and O–H groups in total. The van der Waals surface area contributed by atoms with Gasteiger partial charge in [0.25, 0.3) is 0 Å². The number of anilines is 1. The number of imidazole rings is 1. The van der Waals surface area contributed by atoms with Gasteiger partial charge in [0, 0.05) is 6.42 Å². The minimum absolute atomic E-state index is 0.221. The Bertz CT molecular complexity index is 737. The summed E-state index contributed by atoms with van der Waals surface area (Å²) in [5.41, 5.74) is 5.37. The van der Waals surface area contributed by atoms with Crippen LogP contribution in [-0.2, 0) is 4.74 Å². The van der Waals surface area contributed by atoms with Crippen molar-refractivity contribution < 1.29 is 14.9 Å². The molecule has 1 aliphatic heterocycles. The summed E-state index contributed by atoms with van der Waals surface area (Å²) in [6, 6.07) is 0. The molecule has 0 bridgehead atoms. The standard InChI is InChI=1S/C13H15N5O3/c1-3-13(5-19)8(20)4-9(21-13)18-6-15-10-11(14)16-7(2)17-12(10)18/h1,6,8-9,19-20H,4-5H2,2H3,(H2,14,16,17)/t8-,9+,13+/m0/s1. The summed E-state index contributed by atoms with van der Waals surface area (Å²) in [5.74, 6) is 3.11. The van der Waals surface area contributed by atoms with E-state index in [9.17, 15) is 10.2 Å². The maximum Gasteiger partial charge on any atom is 0.179 e. The van der Waals surface area contributed by atoms with Gasteiger partial charge in [0.15, 0.2) is 17.1 Å². The number of aryl methyl sites for hydroxylation is 1. The summed E-state index contributed by atoms with van der Waals surface area (Å²) in [6.07, 6.45) is 5.55. The van der Waals surface area contributed by atoms with Gasteiger partial charge in [-0.2, -0.15) is 0 Å². The number of ether oxygens (including phenoxy) is 1. The van der Waals surface area contributed by atoms with Crippen LogP contribution in [0.4, 0.5) is 5.82 Å². The van der Waals surface area contributed by atoms with Gasteiger partial charge in [-0.1, -0.05) is 5.92 Å². The van der Waals surface area contributed by atoms with E-state index >= 15 is 0 Å². The molecule has 0 radical (unpaired) electrons. The number of aliphatic hydroxyl groups excluding tert-OH is 2. The predicted octanol–water partition coefficient (Wildman–Crippen LogP) is -0.639. The van der Waals surface area contributed by atoms with Crippen molar-refractivity contribution in [2.75, 3.05) is 12.3 Å². The second kappa shape index (κ2) is 4.66. The van der Waals surface area contributed by atoms with Crippen LogP contribution in [0.15, 0.2) is 6.33 Å². The molecular formula is C13H15N5O3. The van der Waals surface area contributed by atoms with Gasteiger partial charge in [-0.15, -0.1) is 6.42 Å². The average Bonchev–Trinajstić information content (AvgIpc) is 3.00. The number of nitrogen functional groups attached to an aromatic ring is 1. The highest BCUT2D eigenvalue weighted by Gasteiger charge is 2.47. The Balaban J connectivity index is 2.05. The van der Waals surface area contributed by atoms with E-state index in [0.717, 1.165) is 0 Å². The lowest BCUT2D eigenvalue weighted by molar-refractivity contribution is -0.0891. The highest BCUT2D eigenvalue weighted by atomic mass is 16.6. The van der Waals surface area contributed by atoms with Crippen LogP contribution in [0.1, 0.15) is 18.5 Å². The summed E-state index contributed by atoms with van der Waals surface area (Å²) < 4.78 is 7.31. The van der Waals surface area contributed by atoms with Gasteiger partial charge in [-0.05, 0) is 6.92 Å². The number of rotatable bonds is 2. The highest BCUT2D eigenvalue weighted by molar-refractivity contribution is 5.81. The van der Waals surface area contributed by atoms with E-state index in [2.05, 4.69) is 20.9 Å². The van der Waals surface area contributed by atoms with Gasteiger partial charge in [0.2, 0.25) is 0 Å². The second-order valence-electron chi connectivity index (χ2n) is 5.00. The normalized spacial score (nSPS) is 28.9. The Morgan fingerprint density at radius 1 is 1.62 bits per heavy atom. The molecule has 0 spiro atoms. The van der Waals surface area contributed by atoms with Crippen molar-refractivity contribution in [3.05, 3.63) is 12.2 Å². The highest BCUT2D eigenvalue weighted by Crippen LogP contribution is 2.37. The molecule has 1 fully saturated rings. The molecule has 110 valence electrons. The van der Waals surface area contributed by atoms with Gasteiger partial charge in [-0.3, -0.25) is 4.57 Å². The summed E-state index contributed by atoms with van der Waals surface area (Å²) in [7, 11) is 0. The first-order valence-electron chi connectivity index (χ1n) is 6.42. The maximum atomic E-state index is 10.1. The summed E-state index contributed by atoms with van der Waals surface area (Å²) >= 11 is 0. The third-order valence-electron chi connectivity index (χ3n) is 3.66. The van der Waals surface area contributed by atoms with Crippen LogP contribution in [-0.4, -0.2) is 48.0 Å². The number of hydrogen-bond acceptors (Lipinski definition) is 7. The molecule has 0 amide bonds. The number of terminal acetylenes is 1. The predicted molar refractivity (Wildman–Crippen MR) is 73.9 cm³/mol. The minimum Gasteiger partial charge on any atom is -0.392 e. The van der Waals surface area contributed by atoms with E-state index in [4.69, 9.17) is 16.9 Å². The van der Waals surface area contributed by atoms with Gasteiger partial charge < -0.3 is 20.7 Å². The Morgan fingerprint density at radius 3 is 3.00 bits per heavy atom. The summed E-state index contributed by atoms with van der Waals surface area (Å²) in [4.78, 5) is 12.5. The smallest absolute Gasteiger partial charge is 0.179 e. The van der Waals surface area contributed by atoms with Crippen molar-refractivity contribution in [2.45, 2.75) is 31.3 Å². The topological polar surface area (TPSA) is 119 Å². The first kappa shape index (κ1) is 13.8. The van der Waals surface area contributed by atoms with E-state index in [0.29, 0.717) is 17.0 Å². The zero-order valence-corrected chi connectivity index (χ0v) is 11.4. The lowest BCUT2D eigenvalue weighted by Crippen LogP contribution is -2.41. The van der Waals surface area contributed by atoms with Crippen molar-refractivity contribution in [3.8, 4) is 12.3 Å². The van der Waals surface area contributed by atoms with Crippen molar-refractivity contribution in [3.63, 3.8) is 0 Å². The van der Waals surface area contributed by atoms with Gasteiger partial charge in [-0.25, -0.2) is 15.0 Å². The molecule has 21 heavy (non-hydrogen) atoms. The van der Waals surface area contributed by atoms with Crippen LogP contribution in [0.3, 0.4) is 0 Å². The van der Waals surface area contributed by atoms with Gasteiger partial charge in [0.1, 0.15) is 23.7 Å². The molecule has 8 heteroatoms. The van der Waals surface area contributed by atoms with Crippen molar-refractivity contribution >= 4 is 17.0 Å². The Hall–Kier alpha value is -2.21. The van der Waals surface area contributed by atoms with Crippen LogP contribution in [0.25, 0.3) is 11.2 Å². The number of aromatic nitrogens is 4. The van der Waals surface area contributed by atoms with Crippen molar-refractivity contribution in [2.24, 2.45) is 0 Å². The fourth-order valence-electron chi connectivity index (χ4n) is 2.50. The quantitative estimate of drug-likeness (QED) is 0.629. The molecule has 1 saturated heterocycles. The molecule has 0 unspecified atom stereocenters. The summed E-state index contributed by atoms with van der Waals surface area (Å²) in [6.45, 7) is 1.25. The van der Waals surface area contributed by atoms with E-state index in [-0.39, 0.29) is 12.2 Å². The van der Waals surface area contributed by atoms with E-state index < -0.39 is 24.5 Å². The van der Waals surface area contributed by atoms with E-state index in [1.54, 1.807) is 11.5 Å². The molecule has 8 nitrogen and oxygen atoms in total. The van der Waals surface area contributed by atoms with Crippen LogP contribution in [0.5, 0.6) is 0 Å². The van der Waals surface area contributed by atoms with Crippen LogP contribution in [0.2, 0.25) is 0 Å². The SMILES string of the molecule is C#C[C@]1(CO)O[C@@H](n2cnc3c(N)nc(C)nc32)C[C@@H]1O. The fraction of sp³-hybridized carbons (Fsp3) is 0.462. The maximum absolute atomic E-state index is 10.1. The lowest BCUT2D eigenvalue weighted by atomic mass is 9.99. The zero-order chi connectivity index (χ0) is 15.2. The molecule has 0 aromatic carbocycles. The second-order valence-corrected chi connectivity index (χ2v) is 5.00. The third-order valence-corrected chi connectivity index (χ3v) is 3.66. The molecule has 3 rings (SSSR count). The first-order valence-corrected chi connectivity index (χ1v) is 6.42. The Labute approximate surface area is 120 Å². The number of nitrogens with two attached hydrogens (primary N) is 1. The molecule has 3 atom stereocenters. The fourth-order valence-corrected chi connectivity index (χ4v) is 2.50. The molecule has 0 aliphatic carbocycles. The molecule has 2 aromatic rings. The number of fused-ring (bicyclic) bond motifs is 1. The minimum atomic E-state index is -1.41. The molecule has 2 aromatic heterocycles. The van der Waals surface area contributed by atoms with E-state index in [1.807, 2.05) is 0 Å². The van der Waals surface area contributed by atoms with Crippen LogP contribution >= 0.6 is 0 Å². The number of hydrogen-bond donors (Lipinski definition) is 3. The lowest BCUT2D eigenvalue weighted by Gasteiger charge is -2.23. The average molecular weight is 289 g/mol. The zero-order valence-electron chi connectivity index (χ0n) is 11.4. The third kappa shape index (κ3) is 1.94. The van der Waals surface area contributed by atoms with Crippen molar-refractivity contribution in [1.29, 1.82) is 0 Å². The largest absolute Gasteiger partial charge is 0.392 e. The van der Waals surface area contributed by atoms with E-state index in [1.165, 1.54) is 6.33 Å². The first-order chi connectivity index (χ1) is 10.0. The Kier molecular flexibility index (Phi) is 3.06. The van der Waals surface area contributed by atoms with Crippen LogP contribution in [0, 0.1) is 19.3 Å². The molecule has 1 aliphatic rings. The van der Waals surface area contributed by atoms with Gasteiger partial charge in [0.05, 0.1) is 12.9 Å². The molecule has 3 heterocycles.